The van der Waals surface area contributed by atoms with Crippen LogP contribution in [0, 0.1) is 13.8 Å². The van der Waals surface area contributed by atoms with Gasteiger partial charge in [0.15, 0.2) is 0 Å². The summed E-state index contributed by atoms with van der Waals surface area (Å²) >= 11 is 5.95. The molecule has 1 amide bonds. The first-order chi connectivity index (χ1) is 9.58. The van der Waals surface area contributed by atoms with Gasteiger partial charge in [-0.1, -0.05) is 47.5 Å². The van der Waals surface area contributed by atoms with Crippen LogP contribution < -0.4 is 5.43 Å². The first-order valence-electron chi connectivity index (χ1n) is 6.23. The Morgan fingerprint density at radius 3 is 2.70 bits per heavy atom. The van der Waals surface area contributed by atoms with E-state index in [1.807, 2.05) is 32.0 Å². The fourth-order valence-corrected chi connectivity index (χ4v) is 1.99. The molecular formula is C16H15ClN2O. The van der Waals surface area contributed by atoms with Crippen molar-refractivity contribution in [2.75, 3.05) is 0 Å². The normalized spacial score (nSPS) is 10.8. The van der Waals surface area contributed by atoms with E-state index in [4.69, 9.17) is 11.6 Å². The van der Waals surface area contributed by atoms with Gasteiger partial charge in [-0.15, -0.1) is 0 Å². The molecule has 0 aliphatic rings. The van der Waals surface area contributed by atoms with Crippen LogP contribution in [-0.4, -0.2) is 12.1 Å². The smallest absolute Gasteiger partial charge is 0.267 e. The highest BCUT2D eigenvalue weighted by Gasteiger charge is 2.07. The molecule has 2 aromatic carbocycles. The van der Waals surface area contributed by atoms with E-state index in [2.05, 4.69) is 10.5 Å². The van der Waals surface area contributed by atoms with Crippen molar-refractivity contribution >= 4 is 23.7 Å². The minimum absolute atomic E-state index is 0.322. The molecule has 0 aromatic heterocycles. The lowest BCUT2D eigenvalue weighted by Gasteiger charge is -2.03. The molecule has 0 saturated heterocycles. The van der Waals surface area contributed by atoms with Crippen molar-refractivity contribution in [1.29, 1.82) is 0 Å². The summed E-state index contributed by atoms with van der Waals surface area (Å²) in [7, 11) is 0. The van der Waals surface area contributed by atoms with Crippen LogP contribution in [-0.2, 0) is 0 Å². The maximum Gasteiger partial charge on any atom is 0.272 e. The van der Waals surface area contributed by atoms with Crippen molar-refractivity contribution in [1.82, 2.24) is 5.43 Å². The van der Waals surface area contributed by atoms with E-state index in [1.54, 1.807) is 30.5 Å². The van der Waals surface area contributed by atoms with E-state index in [-0.39, 0.29) is 5.91 Å². The van der Waals surface area contributed by atoms with E-state index in [1.165, 1.54) is 0 Å². The topological polar surface area (TPSA) is 41.5 Å². The Hall–Kier alpha value is -2.13. The molecule has 0 bridgehead atoms. The van der Waals surface area contributed by atoms with Crippen molar-refractivity contribution in [3.05, 3.63) is 69.7 Å². The van der Waals surface area contributed by atoms with E-state index in [0.717, 1.165) is 16.7 Å². The maximum absolute atomic E-state index is 11.9. The van der Waals surface area contributed by atoms with Crippen molar-refractivity contribution < 1.29 is 4.79 Å². The number of carbonyl (C=O) groups is 1. The zero-order chi connectivity index (χ0) is 14.5. The molecule has 0 radical (unpaired) electrons. The number of benzene rings is 2. The standard InChI is InChI=1S/C16H15ClN2O/c1-11-7-8-12(2)13(9-11)10-18-19-16(20)14-5-3-4-6-15(14)17/h3-10H,1-2H3,(H,19,20). The van der Waals surface area contributed by atoms with Gasteiger partial charge in [-0.05, 0) is 37.1 Å². The summed E-state index contributed by atoms with van der Waals surface area (Å²) in [6.07, 6.45) is 1.64. The third-order valence-electron chi connectivity index (χ3n) is 2.92. The molecule has 0 spiro atoms. The summed E-state index contributed by atoms with van der Waals surface area (Å²) in [5.41, 5.74) is 6.12. The number of rotatable bonds is 3. The first-order valence-corrected chi connectivity index (χ1v) is 6.61. The molecule has 0 atom stereocenters. The number of amides is 1. The van der Waals surface area contributed by atoms with Crippen LogP contribution in [0.4, 0.5) is 0 Å². The lowest BCUT2D eigenvalue weighted by molar-refractivity contribution is 0.0955. The Bertz CT molecular complexity index is 665. The van der Waals surface area contributed by atoms with Crippen LogP contribution >= 0.6 is 11.6 Å². The number of nitrogens with one attached hydrogen (secondary N) is 1. The second-order valence-corrected chi connectivity index (χ2v) is 4.95. The zero-order valence-electron chi connectivity index (χ0n) is 11.4. The van der Waals surface area contributed by atoms with Gasteiger partial charge >= 0.3 is 0 Å². The number of carbonyl (C=O) groups excluding carboxylic acids is 1. The Balaban J connectivity index is 2.09. The van der Waals surface area contributed by atoms with Crippen LogP contribution in [0.1, 0.15) is 27.0 Å². The summed E-state index contributed by atoms with van der Waals surface area (Å²) in [5, 5.41) is 4.39. The highest BCUT2D eigenvalue weighted by Crippen LogP contribution is 2.14. The molecule has 1 N–H and O–H groups in total. The molecule has 4 heteroatoms. The highest BCUT2D eigenvalue weighted by molar-refractivity contribution is 6.33. The van der Waals surface area contributed by atoms with Crippen LogP contribution in [0.2, 0.25) is 5.02 Å². The molecule has 20 heavy (non-hydrogen) atoms. The number of hydrogen-bond acceptors (Lipinski definition) is 2. The van der Waals surface area contributed by atoms with Gasteiger partial charge in [0.05, 0.1) is 16.8 Å². The largest absolute Gasteiger partial charge is 0.272 e. The molecule has 0 heterocycles. The summed E-state index contributed by atoms with van der Waals surface area (Å²) in [5.74, 6) is -0.322. The fraction of sp³-hybridized carbons (Fsp3) is 0.125. The molecule has 0 aliphatic carbocycles. The Kier molecular flexibility index (Phi) is 4.53. The quantitative estimate of drug-likeness (QED) is 0.678. The van der Waals surface area contributed by atoms with Crippen LogP contribution in [0.15, 0.2) is 47.6 Å². The summed E-state index contributed by atoms with van der Waals surface area (Å²) in [6, 6.07) is 12.9. The molecule has 0 saturated carbocycles. The fourth-order valence-electron chi connectivity index (χ4n) is 1.77. The molecule has 2 aromatic rings. The van der Waals surface area contributed by atoms with Gasteiger partial charge in [-0.25, -0.2) is 5.43 Å². The Morgan fingerprint density at radius 1 is 1.20 bits per heavy atom. The molecule has 0 fully saturated rings. The van der Waals surface area contributed by atoms with Gasteiger partial charge in [-0.3, -0.25) is 4.79 Å². The average molecular weight is 287 g/mol. The van der Waals surface area contributed by atoms with Crippen molar-refractivity contribution in [2.45, 2.75) is 13.8 Å². The highest BCUT2D eigenvalue weighted by atomic mass is 35.5. The first kappa shape index (κ1) is 14.3. The van der Waals surface area contributed by atoms with Crippen LogP contribution in [0.5, 0.6) is 0 Å². The van der Waals surface area contributed by atoms with Gasteiger partial charge in [0.25, 0.3) is 5.91 Å². The van der Waals surface area contributed by atoms with Crippen LogP contribution in [0.25, 0.3) is 0 Å². The van der Waals surface area contributed by atoms with Gasteiger partial charge in [0.1, 0.15) is 0 Å². The van der Waals surface area contributed by atoms with Crippen LogP contribution in [0.3, 0.4) is 0 Å². The van der Waals surface area contributed by atoms with Crippen molar-refractivity contribution in [3.63, 3.8) is 0 Å². The summed E-state index contributed by atoms with van der Waals surface area (Å²) in [6.45, 7) is 4.01. The van der Waals surface area contributed by atoms with Gasteiger partial charge in [-0.2, -0.15) is 5.10 Å². The minimum atomic E-state index is -0.322. The molecule has 102 valence electrons. The van der Waals surface area contributed by atoms with E-state index < -0.39 is 0 Å². The van der Waals surface area contributed by atoms with Crippen molar-refractivity contribution in [2.24, 2.45) is 5.10 Å². The minimum Gasteiger partial charge on any atom is -0.267 e. The summed E-state index contributed by atoms with van der Waals surface area (Å²) < 4.78 is 0. The van der Waals surface area contributed by atoms with Gasteiger partial charge in [0, 0.05) is 0 Å². The number of halogens is 1. The number of hydrazone groups is 1. The average Bonchev–Trinajstić information content (AvgIpc) is 2.43. The van der Waals surface area contributed by atoms with E-state index in [9.17, 15) is 4.79 Å². The van der Waals surface area contributed by atoms with E-state index in [0.29, 0.717) is 10.6 Å². The number of nitrogens with zero attached hydrogens (tertiary/aromatic N) is 1. The van der Waals surface area contributed by atoms with Crippen molar-refractivity contribution in [3.8, 4) is 0 Å². The SMILES string of the molecule is Cc1ccc(C)c(C=NNC(=O)c2ccccc2Cl)c1. The monoisotopic (exact) mass is 286 g/mol. The van der Waals surface area contributed by atoms with Gasteiger partial charge in [0.2, 0.25) is 0 Å². The Labute approximate surface area is 123 Å². The Morgan fingerprint density at radius 2 is 1.95 bits per heavy atom. The third kappa shape index (κ3) is 3.45. The lowest BCUT2D eigenvalue weighted by atomic mass is 10.1. The maximum atomic E-state index is 11.9. The molecule has 3 nitrogen and oxygen atoms in total. The number of hydrogen-bond donors (Lipinski definition) is 1. The predicted octanol–water partition coefficient (Wildman–Crippen LogP) is 3.72. The number of aryl methyl sites for hydroxylation is 2. The molecular weight excluding hydrogens is 272 g/mol. The molecule has 2 rings (SSSR count). The third-order valence-corrected chi connectivity index (χ3v) is 3.25. The summed E-state index contributed by atoms with van der Waals surface area (Å²) in [4.78, 5) is 11.9. The van der Waals surface area contributed by atoms with Gasteiger partial charge < -0.3 is 0 Å². The lowest BCUT2D eigenvalue weighted by Crippen LogP contribution is -2.18. The molecule has 0 unspecified atom stereocenters. The second-order valence-electron chi connectivity index (χ2n) is 4.54. The van der Waals surface area contributed by atoms with E-state index >= 15 is 0 Å². The zero-order valence-corrected chi connectivity index (χ0v) is 12.1. The molecule has 0 aliphatic heterocycles. The predicted molar refractivity (Wildman–Crippen MR) is 82.4 cm³/mol. The second kappa shape index (κ2) is 6.35.